The van der Waals surface area contributed by atoms with Gasteiger partial charge in [0, 0.05) is 18.2 Å². The Bertz CT molecular complexity index is 1190. The second-order valence-electron chi connectivity index (χ2n) is 8.12. The van der Waals surface area contributed by atoms with Gasteiger partial charge in [0.2, 0.25) is 15.7 Å². The van der Waals surface area contributed by atoms with E-state index in [0.29, 0.717) is 10.9 Å². The molecule has 1 aromatic heterocycles. The van der Waals surface area contributed by atoms with Gasteiger partial charge in [-0.05, 0) is 45.2 Å². The van der Waals surface area contributed by atoms with Crippen LogP contribution in [0.4, 0.5) is 0 Å². The van der Waals surface area contributed by atoms with Crippen LogP contribution in [0.1, 0.15) is 31.7 Å². The molecule has 1 aliphatic heterocycles. The molecule has 32 heavy (non-hydrogen) atoms. The molecule has 0 bridgehead atoms. The maximum atomic E-state index is 13.4. The van der Waals surface area contributed by atoms with E-state index in [1.165, 1.54) is 11.8 Å². The van der Waals surface area contributed by atoms with Gasteiger partial charge >= 0.3 is 0 Å². The number of hydrogen-bond acceptors (Lipinski definition) is 5. The number of aryl methyl sites for hydroxylation is 1. The predicted octanol–water partition coefficient (Wildman–Crippen LogP) is 4.71. The van der Waals surface area contributed by atoms with Gasteiger partial charge in [-0.2, -0.15) is 0 Å². The first-order valence-electron chi connectivity index (χ1n) is 10.8. The molecule has 2 heterocycles. The summed E-state index contributed by atoms with van der Waals surface area (Å²) in [7, 11) is -3.82. The van der Waals surface area contributed by atoms with E-state index in [0.717, 1.165) is 36.9 Å². The Kier molecular flexibility index (Phi) is 6.71. The number of aromatic nitrogens is 2. The fourth-order valence-corrected chi connectivity index (χ4v) is 6.38. The summed E-state index contributed by atoms with van der Waals surface area (Å²) < 4.78 is 26.9. The van der Waals surface area contributed by atoms with Gasteiger partial charge in [0.25, 0.3) is 0 Å². The molecule has 2 aromatic carbocycles. The summed E-state index contributed by atoms with van der Waals surface area (Å²) in [5.41, 5.74) is 1.77. The number of sulfone groups is 1. The van der Waals surface area contributed by atoms with Gasteiger partial charge in [-0.25, -0.2) is 13.4 Å². The minimum atomic E-state index is -3.82. The van der Waals surface area contributed by atoms with Crippen LogP contribution >= 0.6 is 11.8 Å². The highest BCUT2D eigenvalue weighted by Crippen LogP contribution is 2.32. The zero-order valence-electron chi connectivity index (χ0n) is 18.2. The first-order chi connectivity index (χ1) is 15.4. The number of likely N-dealkylation sites (tertiary alicyclic amines) is 1. The zero-order valence-corrected chi connectivity index (χ0v) is 19.9. The van der Waals surface area contributed by atoms with Crippen molar-refractivity contribution >= 4 is 27.5 Å². The summed E-state index contributed by atoms with van der Waals surface area (Å²) in [6.45, 7) is 4.73. The summed E-state index contributed by atoms with van der Waals surface area (Å²) in [5.74, 6) is 0.641. The summed E-state index contributed by atoms with van der Waals surface area (Å²) in [4.78, 5) is 22.5. The number of piperidine rings is 1. The number of imidazole rings is 1. The first kappa shape index (κ1) is 22.6. The minimum Gasteiger partial charge on any atom is -0.339 e. The Hall–Kier alpha value is -2.58. The van der Waals surface area contributed by atoms with E-state index in [-0.39, 0.29) is 27.6 Å². The molecule has 1 aliphatic rings. The Morgan fingerprint density at radius 3 is 2.53 bits per heavy atom. The van der Waals surface area contributed by atoms with Crippen molar-refractivity contribution in [3.05, 3.63) is 60.2 Å². The first-order valence-corrected chi connectivity index (χ1v) is 13.2. The molecule has 6 nitrogen and oxygen atoms in total. The molecule has 4 rings (SSSR count). The third-order valence-corrected chi connectivity index (χ3v) is 8.56. The molecule has 0 radical (unpaired) electrons. The molecule has 168 valence electrons. The van der Waals surface area contributed by atoms with E-state index in [4.69, 9.17) is 0 Å². The van der Waals surface area contributed by atoms with E-state index in [1.54, 1.807) is 24.3 Å². The van der Waals surface area contributed by atoms with E-state index in [9.17, 15) is 13.2 Å². The van der Waals surface area contributed by atoms with Crippen LogP contribution in [0.25, 0.3) is 11.4 Å². The lowest BCUT2D eigenvalue weighted by atomic mass is 10.0. The third-order valence-electron chi connectivity index (χ3n) is 5.74. The monoisotopic (exact) mass is 469 g/mol. The van der Waals surface area contributed by atoms with E-state index < -0.39 is 9.84 Å². The van der Waals surface area contributed by atoms with Gasteiger partial charge in [-0.1, -0.05) is 59.8 Å². The van der Waals surface area contributed by atoms with Crippen LogP contribution in [-0.4, -0.2) is 47.5 Å². The summed E-state index contributed by atoms with van der Waals surface area (Å²) in [6, 6.07) is 16.3. The van der Waals surface area contributed by atoms with Gasteiger partial charge in [0.05, 0.1) is 10.6 Å². The van der Waals surface area contributed by atoms with Gasteiger partial charge in [0.15, 0.2) is 5.03 Å². The van der Waals surface area contributed by atoms with E-state index >= 15 is 0 Å². The van der Waals surface area contributed by atoms with Crippen LogP contribution in [0.3, 0.4) is 0 Å². The second kappa shape index (κ2) is 9.50. The number of amides is 1. The molecular formula is C24H27N3O3S2. The number of nitrogens with one attached hydrogen (secondary N) is 1. The van der Waals surface area contributed by atoms with E-state index in [2.05, 4.69) is 16.9 Å². The summed E-state index contributed by atoms with van der Waals surface area (Å²) in [6.07, 6.45) is 3.15. The largest absolute Gasteiger partial charge is 0.339 e. The average molecular weight is 470 g/mol. The van der Waals surface area contributed by atoms with Crippen molar-refractivity contribution in [1.82, 2.24) is 14.9 Å². The average Bonchev–Trinajstić information content (AvgIpc) is 3.24. The number of nitrogens with zero attached hydrogens (tertiary/aromatic N) is 2. The molecule has 0 spiro atoms. The lowest BCUT2D eigenvalue weighted by Crippen LogP contribution is -2.42. The van der Waals surface area contributed by atoms with Crippen LogP contribution in [0.15, 0.2) is 69.5 Å². The molecule has 1 saturated heterocycles. The van der Waals surface area contributed by atoms with Crippen molar-refractivity contribution in [3.8, 4) is 11.4 Å². The number of carbonyl (C=O) groups is 1. The lowest BCUT2D eigenvalue weighted by molar-refractivity contribution is -0.131. The van der Waals surface area contributed by atoms with Gasteiger partial charge in [0.1, 0.15) is 10.9 Å². The maximum absolute atomic E-state index is 13.4. The minimum absolute atomic E-state index is 0.0187. The van der Waals surface area contributed by atoms with E-state index in [1.807, 2.05) is 42.2 Å². The van der Waals surface area contributed by atoms with Crippen molar-refractivity contribution < 1.29 is 13.2 Å². The molecule has 0 aliphatic carbocycles. The Morgan fingerprint density at radius 2 is 1.84 bits per heavy atom. The van der Waals surface area contributed by atoms with Gasteiger partial charge in [-0.15, -0.1) is 0 Å². The third kappa shape index (κ3) is 4.76. The molecule has 1 N–H and O–H groups in total. The van der Waals surface area contributed by atoms with Crippen molar-refractivity contribution in [3.63, 3.8) is 0 Å². The SMILES string of the molecule is Cc1ccc(S(=O)(=O)c2[nH]c(-c3ccccc3)nc2SCC(=O)N2CCCCC2C)cc1. The smallest absolute Gasteiger partial charge is 0.233 e. The van der Waals surface area contributed by atoms with Gasteiger partial charge in [-0.3, -0.25) is 4.79 Å². The van der Waals surface area contributed by atoms with Crippen LogP contribution in [-0.2, 0) is 14.6 Å². The number of aromatic amines is 1. The Morgan fingerprint density at radius 1 is 1.12 bits per heavy atom. The molecule has 1 fully saturated rings. The quantitative estimate of drug-likeness (QED) is 0.529. The molecule has 1 atom stereocenters. The van der Waals surface area contributed by atoms with Crippen LogP contribution in [0.2, 0.25) is 0 Å². The number of rotatable bonds is 6. The van der Waals surface area contributed by atoms with Crippen LogP contribution in [0, 0.1) is 6.92 Å². The summed E-state index contributed by atoms with van der Waals surface area (Å²) in [5, 5.41) is 0.354. The fraction of sp³-hybridized carbons (Fsp3) is 0.333. The highest BCUT2D eigenvalue weighted by molar-refractivity contribution is 8.00. The predicted molar refractivity (Wildman–Crippen MR) is 126 cm³/mol. The second-order valence-corrected chi connectivity index (χ2v) is 11.0. The number of H-pyrrole nitrogens is 1. The maximum Gasteiger partial charge on any atom is 0.233 e. The Balaban J connectivity index is 1.66. The standard InChI is InChI=1S/C24H27N3O3S2/c1-17-11-13-20(14-12-17)32(29,30)24-23(25-22(26-24)19-9-4-3-5-10-19)31-16-21(28)27-15-7-6-8-18(27)2/h3-5,9-14,18H,6-8,15-16H2,1-2H3,(H,25,26). The highest BCUT2D eigenvalue weighted by atomic mass is 32.2. The molecule has 1 unspecified atom stereocenters. The molecule has 3 aromatic rings. The number of carbonyl (C=O) groups excluding carboxylic acids is 1. The molecule has 1 amide bonds. The molecular weight excluding hydrogens is 442 g/mol. The van der Waals surface area contributed by atoms with Crippen molar-refractivity contribution in [1.29, 1.82) is 0 Å². The number of hydrogen-bond donors (Lipinski definition) is 1. The summed E-state index contributed by atoms with van der Waals surface area (Å²) >= 11 is 1.18. The Labute approximate surface area is 193 Å². The molecule has 0 saturated carbocycles. The van der Waals surface area contributed by atoms with Crippen molar-refractivity contribution in [2.45, 2.75) is 54.1 Å². The van der Waals surface area contributed by atoms with Gasteiger partial charge < -0.3 is 9.88 Å². The number of thioether (sulfide) groups is 1. The topological polar surface area (TPSA) is 83.1 Å². The van der Waals surface area contributed by atoms with Crippen molar-refractivity contribution in [2.24, 2.45) is 0 Å². The highest BCUT2D eigenvalue weighted by Gasteiger charge is 2.28. The normalized spacial score (nSPS) is 16.8. The van der Waals surface area contributed by atoms with Crippen LogP contribution in [0.5, 0.6) is 0 Å². The zero-order chi connectivity index (χ0) is 22.7. The fourth-order valence-electron chi connectivity index (χ4n) is 3.87. The molecule has 8 heteroatoms. The number of benzene rings is 2. The van der Waals surface area contributed by atoms with Crippen molar-refractivity contribution in [2.75, 3.05) is 12.3 Å². The lowest BCUT2D eigenvalue weighted by Gasteiger charge is -2.33. The van der Waals surface area contributed by atoms with Crippen LogP contribution < -0.4 is 0 Å².